The van der Waals surface area contributed by atoms with E-state index in [0.717, 1.165) is 18.0 Å². The minimum absolute atomic E-state index is 0. The molecule has 0 N–H and O–H groups in total. The van der Waals surface area contributed by atoms with Crippen LogP contribution in [0.5, 0.6) is 0 Å². The third kappa shape index (κ3) is 10.2. The maximum atomic E-state index is 12.6. The summed E-state index contributed by atoms with van der Waals surface area (Å²) >= 11 is 0. The standard InChI is InChI=1S/C29H50NO.HI/c1-5-7-8-9-10-11-12-13-14-15-29(31)27-18-16-25(17-19-27)26-20-22-28(23-21-26)30(3,4)24-6-2;/h16-19,26,28H,5-15,20-24H2,1-4H3;1H/q+1;/p-1. The van der Waals surface area contributed by atoms with Crippen LogP contribution in [0, 0.1) is 0 Å². The van der Waals surface area contributed by atoms with E-state index in [1.165, 1.54) is 100 Å². The van der Waals surface area contributed by atoms with Gasteiger partial charge in [0.1, 0.15) is 0 Å². The topological polar surface area (TPSA) is 17.1 Å². The summed E-state index contributed by atoms with van der Waals surface area (Å²) in [6.07, 6.45) is 18.9. The van der Waals surface area contributed by atoms with E-state index in [0.29, 0.717) is 18.1 Å². The lowest BCUT2D eigenvalue weighted by molar-refractivity contribution is -0.916. The smallest absolute Gasteiger partial charge is 0.162 e. The molecule has 1 aliphatic carbocycles. The first-order valence-electron chi connectivity index (χ1n) is 13.4. The highest BCUT2D eigenvalue weighted by Gasteiger charge is 2.32. The highest BCUT2D eigenvalue weighted by molar-refractivity contribution is 5.96. The van der Waals surface area contributed by atoms with Crippen molar-refractivity contribution < 1.29 is 33.3 Å². The molecule has 0 aliphatic heterocycles. The van der Waals surface area contributed by atoms with Crippen molar-refractivity contribution in [3.8, 4) is 0 Å². The Balaban J connectivity index is 0.00000512. The van der Waals surface area contributed by atoms with Crippen molar-refractivity contribution in [2.24, 2.45) is 0 Å². The molecule has 0 radical (unpaired) electrons. The first-order valence-corrected chi connectivity index (χ1v) is 13.4. The van der Waals surface area contributed by atoms with Crippen LogP contribution in [0.2, 0.25) is 0 Å². The summed E-state index contributed by atoms with van der Waals surface area (Å²) in [6.45, 7) is 5.85. The molecule has 1 fully saturated rings. The zero-order valence-electron chi connectivity index (χ0n) is 21.5. The maximum Gasteiger partial charge on any atom is 0.162 e. The summed E-state index contributed by atoms with van der Waals surface area (Å²) in [5.74, 6) is 1.01. The van der Waals surface area contributed by atoms with E-state index in [9.17, 15) is 4.79 Å². The Morgan fingerprint density at radius 3 is 1.84 bits per heavy atom. The van der Waals surface area contributed by atoms with Crippen LogP contribution in [0.1, 0.15) is 132 Å². The Kier molecular flexibility index (Phi) is 15.0. The van der Waals surface area contributed by atoms with Gasteiger partial charge in [-0.1, -0.05) is 89.5 Å². The molecule has 0 atom stereocenters. The fourth-order valence-corrected chi connectivity index (χ4v) is 5.55. The average Bonchev–Trinajstić information content (AvgIpc) is 2.78. The number of hydrogen-bond acceptors (Lipinski definition) is 1. The Morgan fingerprint density at radius 2 is 1.31 bits per heavy atom. The highest BCUT2D eigenvalue weighted by atomic mass is 127. The van der Waals surface area contributed by atoms with Gasteiger partial charge in [0.15, 0.2) is 5.78 Å². The van der Waals surface area contributed by atoms with Gasteiger partial charge in [-0.25, -0.2) is 0 Å². The van der Waals surface area contributed by atoms with Crippen LogP contribution in [0.25, 0.3) is 0 Å². The molecular formula is C29H50INO. The van der Waals surface area contributed by atoms with Gasteiger partial charge in [-0.15, -0.1) is 0 Å². The van der Waals surface area contributed by atoms with Crippen LogP contribution >= 0.6 is 0 Å². The molecule has 0 bridgehead atoms. The molecular weight excluding hydrogens is 505 g/mol. The largest absolute Gasteiger partial charge is 1.00 e. The van der Waals surface area contributed by atoms with Crippen molar-refractivity contribution in [3.05, 3.63) is 35.4 Å². The van der Waals surface area contributed by atoms with Gasteiger partial charge in [-0.3, -0.25) is 4.79 Å². The number of rotatable bonds is 15. The molecule has 1 saturated carbocycles. The molecule has 1 aliphatic rings. The number of carbonyl (C=O) groups excluding carboxylic acids is 1. The summed E-state index contributed by atoms with van der Waals surface area (Å²) in [7, 11) is 4.81. The van der Waals surface area contributed by atoms with Crippen LogP contribution < -0.4 is 24.0 Å². The lowest BCUT2D eigenvalue weighted by Crippen LogP contribution is -3.00. The van der Waals surface area contributed by atoms with Gasteiger partial charge in [-0.2, -0.15) is 0 Å². The molecule has 0 saturated heterocycles. The van der Waals surface area contributed by atoms with Gasteiger partial charge in [0.25, 0.3) is 0 Å². The minimum atomic E-state index is 0. The fraction of sp³-hybridized carbons (Fsp3) is 0.759. The predicted molar refractivity (Wildman–Crippen MR) is 135 cm³/mol. The van der Waals surface area contributed by atoms with Gasteiger partial charge < -0.3 is 28.5 Å². The van der Waals surface area contributed by atoms with Crippen molar-refractivity contribution in [3.63, 3.8) is 0 Å². The number of ketones is 1. The van der Waals surface area contributed by atoms with E-state index in [2.05, 4.69) is 52.2 Å². The average molecular weight is 556 g/mol. The van der Waals surface area contributed by atoms with Gasteiger partial charge in [0.2, 0.25) is 0 Å². The molecule has 2 nitrogen and oxygen atoms in total. The van der Waals surface area contributed by atoms with Crippen LogP contribution in [0.4, 0.5) is 0 Å². The Morgan fingerprint density at radius 1 is 0.781 bits per heavy atom. The SMILES string of the molecule is CCCCCCCCCCCC(=O)c1ccc(C2CCC([N+](C)(C)CCC)CC2)cc1.[I-]. The third-order valence-electron chi connectivity index (χ3n) is 7.70. The number of benzene rings is 1. The lowest BCUT2D eigenvalue weighted by atomic mass is 9.80. The van der Waals surface area contributed by atoms with E-state index < -0.39 is 0 Å². The zero-order chi connectivity index (χ0) is 22.5. The summed E-state index contributed by atoms with van der Waals surface area (Å²) in [6, 6.07) is 9.47. The van der Waals surface area contributed by atoms with Gasteiger partial charge >= 0.3 is 0 Å². The van der Waals surface area contributed by atoms with Gasteiger partial charge in [-0.05, 0) is 37.2 Å². The van der Waals surface area contributed by atoms with E-state index in [1.54, 1.807) is 0 Å². The molecule has 3 heteroatoms. The predicted octanol–water partition coefficient (Wildman–Crippen LogP) is 5.31. The molecule has 1 aromatic carbocycles. The van der Waals surface area contributed by atoms with Crippen LogP contribution in [0.15, 0.2) is 24.3 Å². The van der Waals surface area contributed by atoms with E-state index in [-0.39, 0.29) is 24.0 Å². The molecule has 0 amide bonds. The number of hydrogen-bond donors (Lipinski definition) is 0. The molecule has 2 rings (SSSR count). The van der Waals surface area contributed by atoms with E-state index in [1.807, 2.05) is 0 Å². The highest BCUT2D eigenvalue weighted by Crippen LogP contribution is 2.36. The number of Topliss-reactive ketones (excluding diaryl/α,β-unsaturated/α-hetero) is 1. The molecule has 1 aromatic rings. The van der Waals surface area contributed by atoms with Crippen molar-refractivity contribution >= 4 is 5.78 Å². The Labute approximate surface area is 216 Å². The quantitative estimate of drug-likeness (QED) is 0.124. The van der Waals surface area contributed by atoms with Crippen molar-refractivity contribution in [1.82, 2.24) is 0 Å². The third-order valence-corrected chi connectivity index (χ3v) is 7.70. The second-order valence-corrected chi connectivity index (χ2v) is 10.6. The molecule has 0 spiro atoms. The molecule has 0 heterocycles. The molecule has 0 aromatic heterocycles. The maximum absolute atomic E-state index is 12.6. The number of halogens is 1. The summed E-state index contributed by atoms with van der Waals surface area (Å²) in [5.41, 5.74) is 2.36. The Hall–Kier alpha value is -0.420. The monoisotopic (exact) mass is 555 g/mol. The number of unbranched alkanes of at least 4 members (excludes halogenated alkanes) is 8. The molecule has 0 unspecified atom stereocenters. The lowest BCUT2D eigenvalue weighted by Gasteiger charge is -2.41. The van der Waals surface area contributed by atoms with E-state index >= 15 is 0 Å². The van der Waals surface area contributed by atoms with Crippen molar-refractivity contribution in [2.75, 3.05) is 20.6 Å². The van der Waals surface area contributed by atoms with Gasteiger partial charge in [0.05, 0.1) is 26.7 Å². The number of nitrogens with zero attached hydrogens (tertiary/aromatic N) is 1. The Bertz CT molecular complexity index is 617. The minimum Gasteiger partial charge on any atom is -1.00 e. The molecule has 184 valence electrons. The number of quaternary nitrogens is 1. The molecule has 32 heavy (non-hydrogen) atoms. The number of carbonyl (C=O) groups is 1. The summed E-state index contributed by atoms with van der Waals surface area (Å²) in [4.78, 5) is 12.6. The van der Waals surface area contributed by atoms with Crippen molar-refractivity contribution in [1.29, 1.82) is 0 Å². The fourth-order valence-electron chi connectivity index (χ4n) is 5.55. The first kappa shape index (κ1) is 29.6. The second-order valence-electron chi connectivity index (χ2n) is 10.6. The summed E-state index contributed by atoms with van der Waals surface area (Å²) in [5, 5.41) is 0. The van der Waals surface area contributed by atoms with E-state index in [4.69, 9.17) is 0 Å². The first-order chi connectivity index (χ1) is 15.0. The zero-order valence-corrected chi connectivity index (χ0v) is 23.7. The van der Waals surface area contributed by atoms with Crippen molar-refractivity contribution in [2.45, 2.75) is 122 Å². The summed E-state index contributed by atoms with van der Waals surface area (Å²) < 4.78 is 1.18. The van der Waals surface area contributed by atoms with Crippen LogP contribution in [-0.4, -0.2) is 36.9 Å². The van der Waals surface area contributed by atoms with Crippen LogP contribution in [0.3, 0.4) is 0 Å². The van der Waals surface area contributed by atoms with Gasteiger partial charge in [0, 0.05) is 24.8 Å². The normalized spacial score (nSPS) is 18.9. The second kappa shape index (κ2) is 16.2. The van der Waals surface area contributed by atoms with Crippen LogP contribution in [-0.2, 0) is 0 Å².